The van der Waals surface area contributed by atoms with Crippen molar-refractivity contribution in [2.75, 3.05) is 39.3 Å². The molecule has 0 aliphatic carbocycles. The minimum absolute atomic E-state index is 0.00947. The van der Waals surface area contributed by atoms with Crippen molar-refractivity contribution < 1.29 is 31.6 Å². The van der Waals surface area contributed by atoms with Crippen LogP contribution in [0.5, 0.6) is 11.5 Å². The van der Waals surface area contributed by atoms with Crippen LogP contribution in [0.15, 0.2) is 113 Å². The molecule has 4 aromatic rings. The molecule has 0 aromatic heterocycles. The van der Waals surface area contributed by atoms with Crippen molar-refractivity contribution in [2.24, 2.45) is 16.9 Å². The van der Waals surface area contributed by atoms with Crippen LogP contribution in [-0.2, 0) is 24.2 Å². The fourth-order valence-corrected chi connectivity index (χ4v) is 8.86. The molecule has 14 nitrogen and oxygen atoms in total. The molecule has 1 aliphatic heterocycles. The molecule has 55 heavy (non-hydrogen) atoms. The van der Waals surface area contributed by atoms with Gasteiger partial charge in [0, 0.05) is 39.3 Å². The van der Waals surface area contributed by atoms with Crippen molar-refractivity contribution in [2.45, 2.75) is 50.0 Å². The maximum Gasteiger partial charge on any atom is 0.512 e. The Morgan fingerprint density at radius 1 is 0.964 bits per heavy atom. The Hall–Kier alpha value is -4.95. The van der Waals surface area contributed by atoms with Crippen LogP contribution in [0, 0.1) is 5.92 Å². The quantitative estimate of drug-likeness (QED) is 0.0309. The van der Waals surface area contributed by atoms with E-state index >= 15 is 0 Å². The van der Waals surface area contributed by atoms with Gasteiger partial charge in [0.25, 0.3) is 0 Å². The topological polar surface area (TPSA) is 185 Å². The van der Waals surface area contributed by atoms with E-state index in [1.165, 1.54) is 17.0 Å². The molecule has 0 radical (unpaired) electrons. The van der Waals surface area contributed by atoms with Gasteiger partial charge in [-0.3, -0.25) is 9.59 Å². The van der Waals surface area contributed by atoms with Crippen LogP contribution in [0.2, 0.25) is 0 Å². The van der Waals surface area contributed by atoms with Gasteiger partial charge in [-0.1, -0.05) is 80.1 Å². The molecule has 1 saturated heterocycles. The largest absolute Gasteiger partial charge is 0.512 e. The Labute approximate surface area is 323 Å². The molecule has 2 amide bonds. The fraction of sp³-hybridized carbons (Fsp3) is 0.359. The lowest BCUT2D eigenvalue weighted by atomic mass is 9.98. The van der Waals surface area contributed by atoms with Crippen molar-refractivity contribution in [3.8, 4) is 11.5 Å². The number of carbonyl (C=O) groups is 2. The first kappa shape index (κ1) is 41.2. The van der Waals surface area contributed by atoms with E-state index in [1.807, 2.05) is 30.0 Å². The first-order chi connectivity index (χ1) is 26.6. The van der Waals surface area contributed by atoms with Crippen LogP contribution in [0.1, 0.15) is 39.0 Å². The zero-order chi connectivity index (χ0) is 39.1. The molecule has 1 fully saturated rings. The van der Waals surface area contributed by atoms with E-state index in [1.54, 1.807) is 79.1 Å². The number of sulfonamides is 1. The molecule has 4 aromatic carbocycles. The lowest BCUT2D eigenvalue weighted by Gasteiger charge is -2.31. The molecule has 5 N–H and O–H groups in total. The molecule has 0 spiro atoms. The molecule has 16 heteroatoms. The van der Waals surface area contributed by atoms with E-state index in [4.69, 9.17) is 14.9 Å². The highest BCUT2D eigenvalue weighted by molar-refractivity contribution is 7.89. The van der Waals surface area contributed by atoms with Crippen LogP contribution in [0.25, 0.3) is 10.8 Å². The van der Waals surface area contributed by atoms with Gasteiger partial charge >= 0.3 is 7.75 Å². The van der Waals surface area contributed by atoms with Crippen molar-refractivity contribution in [3.63, 3.8) is 0 Å². The maximum absolute atomic E-state index is 14.4. The van der Waals surface area contributed by atoms with Gasteiger partial charge in [0.2, 0.25) is 21.8 Å². The predicted octanol–water partition coefficient (Wildman–Crippen LogP) is 5.09. The van der Waals surface area contributed by atoms with E-state index in [2.05, 4.69) is 20.2 Å². The first-order valence-corrected chi connectivity index (χ1v) is 21.5. The van der Waals surface area contributed by atoms with Crippen molar-refractivity contribution in [1.82, 2.24) is 24.9 Å². The number of rotatable bonds is 20. The zero-order valence-corrected chi connectivity index (χ0v) is 32.7. The van der Waals surface area contributed by atoms with Gasteiger partial charge in [0.05, 0.1) is 11.3 Å². The van der Waals surface area contributed by atoms with E-state index in [-0.39, 0.29) is 30.4 Å². The number of hydrogen-bond acceptors (Lipinski definition) is 9. The number of benzene rings is 4. The number of nitrogens with two attached hydrogens (primary N) is 1. The van der Waals surface area contributed by atoms with Gasteiger partial charge < -0.3 is 30.0 Å². The summed E-state index contributed by atoms with van der Waals surface area (Å²) < 4.78 is 56.0. The second-order valence-corrected chi connectivity index (χ2v) is 16.7. The van der Waals surface area contributed by atoms with Crippen LogP contribution >= 0.6 is 7.75 Å². The van der Waals surface area contributed by atoms with E-state index in [0.29, 0.717) is 36.4 Å². The summed E-state index contributed by atoms with van der Waals surface area (Å²) in [7, 11) is -8.30. The lowest BCUT2D eigenvalue weighted by Crippen LogP contribution is -2.52. The lowest BCUT2D eigenvalue weighted by molar-refractivity contribution is -0.135. The Bertz CT molecular complexity index is 1990. The monoisotopic (exact) mass is 791 g/mol. The molecule has 5 rings (SSSR count). The third kappa shape index (κ3) is 12.5. The Morgan fingerprint density at radius 2 is 1.62 bits per heavy atom. The summed E-state index contributed by atoms with van der Waals surface area (Å²) in [6.45, 7) is 4.01. The van der Waals surface area contributed by atoms with Gasteiger partial charge in [-0.05, 0) is 72.4 Å². The molecule has 1 aliphatic rings. The smallest absolute Gasteiger partial charge is 0.405 e. The number of amides is 2. The third-order valence-electron chi connectivity index (χ3n) is 9.10. The first-order valence-electron chi connectivity index (χ1n) is 18.5. The van der Waals surface area contributed by atoms with Gasteiger partial charge in [0.15, 0.2) is 0 Å². The molecule has 294 valence electrons. The van der Waals surface area contributed by atoms with Gasteiger partial charge in [-0.25, -0.2) is 13.0 Å². The number of unbranched alkanes of at least 4 members (excludes halogenated alkanes) is 1. The summed E-state index contributed by atoms with van der Waals surface area (Å²) in [5, 5.41) is 11.0. The minimum atomic E-state index is -4.27. The SMILES string of the molecule is CCCCN(CCNP(=O)(Oc1ccccc1)Oc1ccccc1)C(=O)[C@H](CC(=O)NC[C@@H]1CCCN(C=NN)C1)NS(=O)(=O)c1ccc2ccccc2c1. The highest BCUT2D eigenvalue weighted by atomic mass is 32.2. The van der Waals surface area contributed by atoms with Crippen LogP contribution in [-0.4, -0.2) is 81.7 Å². The third-order valence-corrected chi connectivity index (χ3v) is 12.1. The van der Waals surface area contributed by atoms with E-state index < -0.39 is 42.0 Å². The Morgan fingerprint density at radius 3 is 2.27 bits per heavy atom. The van der Waals surface area contributed by atoms with Crippen LogP contribution in [0.3, 0.4) is 0 Å². The fourth-order valence-electron chi connectivity index (χ4n) is 6.29. The molecule has 0 bridgehead atoms. The summed E-state index contributed by atoms with van der Waals surface area (Å²) in [6, 6.07) is 27.8. The van der Waals surface area contributed by atoms with Gasteiger partial charge in [-0.2, -0.15) is 14.9 Å². The molecular weight excluding hydrogens is 742 g/mol. The predicted molar refractivity (Wildman–Crippen MR) is 214 cm³/mol. The molecule has 1 heterocycles. The Balaban J connectivity index is 1.34. The summed E-state index contributed by atoms with van der Waals surface area (Å²) in [5.74, 6) is 5.02. The summed E-state index contributed by atoms with van der Waals surface area (Å²) in [6.07, 6.45) is 4.27. The zero-order valence-electron chi connectivity index (χ0n) is 31.0. The standard InChI is InChI=1S/C39H50N7O7PS/c1-2-3-24-46(25-22-43-54(49,52-34-16-6-4-7-17-34)53-35-18-8-5-9-19-35)39(48)37(27-38(47)41-28-31-13-12-23-45(29-31)30-42-40)44-55(50,51)36-21-20-32-14-10-11-15-33(32)26-36/h4-11,14-21,26,30-31,37,44H,2-3,12-13,22-25,27-29,40H2,1H3,(H,41,47)(H,43,49)/t31-,37-/m0/s1. The number of carbonyl (C=O) groups excluding carboxylic acids is 2. The van der Waals surface area contributed by atoms with Crippen LogP contribution in [0.4, 0.5) is 0 Å². The number of nitrogens with one attached hydrogen (secondary N) is 3. The number of hydrogen-bond donors (Lipinski definition) is 4. The summed E-state index contributed by atoms with van der Waals surface area (Å²) in [4.78, 5) is 31.3. The average molecular weight is 792 g/mol. The highest BCUT2D eigenvalue weighted by Gasteiger charge is 2.33. The van der Waals surface area contributed by atoms with Crippen molar-refractivity contribution in [1.29, 1.82) is 0 Å². The van der Waals surface area contributed by atoms with Crippen molar-refractivity contribution in [3.05, 3.63) is 103 Å². The molecule has 0 saturated carbocycles. The molecule has 2 atom stereocenters. The second kappa shape index (κ2) is 20.1. The van der Waals surface area contributed by atoms with Gasteiger partial charge in [-0.15, -0.1) is 0 Å². The number of fused-ring (bicyclic) bond motifs is 1. The number of likely N-dealkylation sites (tertiary alicyclic amines) is 1. The Kier molecular flexibility index (Phi) is 15.1. The maximum atomic E-state index is 14.4. The number of piperidine rings is 1. The number of hydrazone groups is 1. The summed E-state index contributed by atoms with van der Waals surface area (Å²) >= 11 is 0. The average Bonchev–Trinajstić information content (AvgIpc) is 3.18. The van der Waals surface area contributed by atoms with Gasteiger partial charge in [0.1, 0.15) is 23.9 Å². The second-order valence-electron chi connectivity index (χ2n) is 13.4. The molecular formula is C39H50N7O7PS. The van der Waals surface area contributed by atoms with E-state index in [0.717, 1.165) is 31.2 Å². The number of para-hydroxylation sites is 2. The number of nitrogens with zero attached hydrogens (tertiary/aromatic N) is 3. The minimum Gasteiger partial charge on any atom is -0.405 e. The normalized spacial score (nSPS) is 15.4. The van der Waals surface area contributed by atoms with Crippen molar-refractivity contribution >= 4 is 46.7 Å². The molecule has 0 unspecified atom stereocenters. The highest BCUT2D eigenvalue weighted by Crippen LogP contribution is 2.44. The van der Waals surface area contributed by atoms with E-state index in [9.17, 15) is 22.6 Å². The summed E-state index contributed by atoms with van der Waals surface area (Å²) in [5.41, 5.74) is 0. The van der Waals surface area contributed by atoms with Crippen LogP contribution < -0.4 is 30.0 Å².